The molecule has 0 aromatic heterocycles. The zero-order valence-electron chi connectivity index (χ0n) is 11.2. The van der Waals surface area contributed by atoms with Crippen LogP contribution in [0.15, 0.2) is 0 Å². The van der Waals surface area contributed by atoms with Gasteiger partial charge in [-0.2, -0.15) is 48.8 Å². The number of thiol groups is 2. The van der Waals surface area contributed by atoms with Crippen LogP contribution >= 0.6 is 48.8 Å². The molecule has 0 rings (SSSR count). The van der Waals surface area contributed by atoms with Crippen molar-refractivity contribution in [2.24, 2.45) is 5.92 Å². The minimum absolute atomic E-state index is 0.544. The number of unbranched alkanes of at least 4 members (excludes halogenated alkanes) is 1. The minimum atomic E-state index is 0.544. The summed E-state index contributed by atoms with van der Waals surface area (Å²) in [6, 6.07) is 0. The number of thioether (sulfide) groups is 2. The van der Waals surface area contributed by atoms with Crippen molar-refractivity contribution in [2.75, 3.05) is 28.8 Å². The van der Waals surface area contributed by atoms with E-state index < -0.39 is 0 Å². The van der Waals surface area contributed by atoms with Crippen molar-refractivity contribution in [3.8, 4) is 0 Å². The van der Waals surface area contributed by atoms with Crippen molar-refractivity contribution in [1.29, 1.82) is 0 Å². The second-order valence-electron chi connectivity index (χ2n) is 4.68. The molecule has 2 atom stereocenters. The van der Waals surface area contributed by atoms with E-state index in [1.165, 1.54) is 48.7 Å². The fourth-order valence-corrected chi connectivity index (χ4v) is 4.17. The standard InChI is InChI=1S/C13H28S4/c1-12(10-16-9-5-7-14)6-3-4-8-17-11-13(2)15/h12-15H,3-11H2,1-2H3. The molecule has 0 N–H and O–H groups in total. The smallest absolute Gasteiger partial charge is 0.00791 e. The van der Waals surface area contributed by atoms with E-state index in [0.717, 1.165) is 11.7 Å². The first-order valence-electron chi connectivity index (χ1n) is 6.61. The quantitative estimate of drug-likeness (QED) is 0.389. The molecule has 0 aliphatic rings. The zero-order chi connectivity index (χ0) is 12.9. The van der Waals surface area contributed by atoms with Gasteiger partial charge in [0.1, 0.15) is 0 Å². The monoisotopic (exact) mass is 312 g/mol. The minimum Gasteiger partial charge on any atom is -0.179 e. The summed E-state index contributed by atoms with van der Waals surface area (Å²) in [4.78, 5) is 0. The van der Waals surface area contributed by atoms with Crippen molar-refractivity contribution in [3.05, 3.63) is 0 Å². The van der Waals surface area contributed by atoms with Gasteiger partial charge in [0.05, 0.1) is 0 Å². The molecular formula is C13H28S4. The van der Waals surface area contributed by atoms with Crippen LogP contribution in [0.1, 0.15) is 39.5 Å². The molecule has 0 spiro atoms. The summed E-state index contributed by atoms with van der Waals surface area (Å²) in [5.41, 5.74) is 0. The second-order valence-corrected chi connectivity index (χ2v) is 8.31. The molecule has 0 aliphatic heterocycles. The fourth-order valence-electron chi connectivity index (χ4n) is 1.49. The molecule has 0 radical (unpaired) electrons. The molecule has 0 fully saturated rings. The van der Waals surface area contributed by atoms with Crippen LogP contribution in [0.5, 0.6) is 0 Å². The van der Waals surface area contributed by atoms with E-state index in [1.54, 1.807) is 0 Å². The molecule has 0 aromatic carbocycles. The van der Waals surface area contributed by atoms with Crippen LogP contribution in [0.3, 0.4) is 0 Å². The van der Waals surface area contributed by atoms with E-state index in [-0.39, 0.29) is 0 Å². The summed E-state index contributed by atoms with van der Waals surface area (Å²) >= 11 is 12.8. The molecule has 0 heterocycles. The highest BCUT2D eigenvalue weighted by atomic mass is 32.2. The third-order valence-electron chi connectivity index (χ3n) is 2.44. The molecule has 104 valence electrons. The lowest BCUT2D eigenvalue weighted by atomic mass is 10.1. The Morgan fingerprint density at radius 2 is 1.59 bits per heavy atom. The van der Waals surface area contributed by atoms with Crippen LogP contribution in [0.4, 0.5) is 0 Å². The van der Waals surface area contributed by atoms with Crippen LogP contribution in [0.25, 0.3) is 0 Å². The van der Waals surface area contributed by atoms with E-state index in [9.17, 15) is 0 Å². The Labute approximate surface area is 128 Å². The van der Waals surface area contributed by atoms with Gasteiger partial charge in [-0.25, -0.2) is 0 Å². The normalized spacial score (nSPS) is 14.8. The lowest BCUT2D eigenvalue weighted by Gasteiger charge is -2.10. The van der Waals surface area contributed by atoms with Gasteiger partial charge >= 0.3 is 0 Å². The van der Waals surface area contributed by atoms with Gasteiger partial charge in [-0.3, -0.25) is 0 Å². The Bertz CT molecular complexity index is 150. The van der Waals surface area contributed by atoms with Gasteiger partial charge in [0, 0.05) is 11.0 Å². The Morgan fingerprint density at radius 3 is 2.24 bits per heavy atom. The molecule has 0 saturated carbocycles. The van der Waals surface area contributed by atoms with Gasteiger partial charge in [-0.1, -0.05) is 20.3 Å². The highest BCUT2D eigenvalue weighted by molar-refractivity contribution is 8.00. The highest BCUT2D eigenvalue weighted by Gasteiger charge is 2.02. The SMILES string of the molecule is CC(S)CSCCCCC(C)CSCCCS. The lowest BCUT2D eigenvalue weighted by molar-refractivity contribution is 0.559. The molecule has 0 amide bonds. The fraction of sp³-hybridized carbons (Fsp3) is 1.00. The topological polar surface area (TPSA) is 0 Å². The molecule has 17 heavy (non-hydrogen) atoms. The maximum atomic E-state index is 4.38. The molecule has 0 bridgehead atoms. The van der Waals surface area contributed by atoms with Crippen LogP contribution in [0, 0.1) is 5.92 Å². The molecule has 0 saturated heterocycles. The van der Waals surface area contributed by atoms with Crippen LogP contribution in [-0.4, -0.2) is 34.0 Å². The summed E-state index contributed by atoms with van der Waals surface area (Å²) in [5.74, 6) is 7.02. The van der Waals surface area contributed by atoms with Gasteiger partial charge in [-0.05, 0) is 48.2 Å². The summed E-state index contributed by atoms with van der Waals surface area (Å²) in [7, 11) is 0. The zero-order valence-corrected chi connectivity index (χ0v) is 14.7. The molecular weight excluding hydrogens is 284 g/mol. The first-order valence-corrected chi connectivity index (χ1v) is 10.1. The van der Waals surface area contributed by atoms with Gasteiger partial charge < -0.3 is 0 Å². The predicted octanol–water partition coefficient (Wildman–Crippen LogP) is 4.90. The predicted molar refractivity (Wildman–Crippen MR) is 94.6 cm³/mol. The van der Waals surface area contributed by atoms with E-state index in [1.807, 2.05) is 11.8 Å². The summed E-state index contributed by atoms with van der Waals surface area (Å²) < 4.78 is 0. The maximum Gasteiger partial charge on any atom is 0.00791 e. The third-order valence-corrected chi connectivity index (χ3v) is 5.88. The number of hydrogen-bond donors (Lipinski definition) is 2. The van der Waals surface area contributed by atoms with E-state index in [4.69, 9.17) is 0 Å². The van der Waals surface area contributed by atoms with Gasteiger partial charge in [0.25, 0.3) is 0 Å². The van der Waals surface area contributed by atoms with Gasteiger partial charge in [0.2, 0.25) is 0 Å². The van der Waals surface area contributed by atoms with Crippen molar-refractivity contribution >= 4 is 48.8 Å². The highest BCUT2D eigenvalue weighted by Crippen LogP contribution is 2.17. The first-order chi connectivity index (χ1) is 8.16. The van der Waals surface area contributed by atoms with Crippen molar-refractivity contribution in [3.63, 3.8) is 0 Å². The number of rotatable bonds is 12. The maximum absolute atomic E-state index is 4.38. The average Bonchev–Trinajstić information content (AvgIpc) is 2.29. The van der Waals surface area contributed by atoms with Crippen molar-refractivity contribution < 1.29 is 0 Å². The first kappa shape index (κ1) is 18.4. The van der Waals surface area contributed by atoms with E-state index in [0.29, 0.717) is 5.25 Å². The van der Waals surface area contributed by atoms with E-state index >= 15 is 0 Å². The lowest BCUT2D eigenvalue weighted by Crippen LogP contribution is -2.00. The van der Waals surface area contributed by atoms with Crippen molar-refractivity contribution in [2.45, 2.75) is 44.8 Å². The Balaban J connectivity index is 3.13. The Morgan fingerprint density at radius 1 is 0.941 bits per heavy atom. The van der Waals surface area contributed by atoms with E-state index in [2.05, 4.69) is 50.9 Å². The second kappa shape index (κ2) is 13.8. The largest absolute Gasteiger partial charge is 0.179 e. The molecule has 4 heteroatoms. The van der Waals surface area contributed by atoms with Gasteiger partial charge in [0.15, 0.2) is 0 Å². The summed E-state index contributed by atoms with van der Waals surface area (Å²) in [6.45, 7) is 4.55. The molecule has 0 nitrogen and oxygen atoms in total. The Kier molecular flexibility index (Phi) is 15.0. The summed E-state index contributed by atoms with van der Waals surface area (Å²) in [5, 5.41) is 0.544. The van der Waals surface area contributed by atoms with Gasteiger partial charge in [-0.15, -0.1) is 0 Å². The average molecular weight is 313 g/mol. The Hall–Kier alpha value is 1.40. The molecule has 0 aliphatic carbocycles. The van der Waals surface area contributed by atoms with Crippen LogP contribution in [-0.2, 0) is 0 Å². The van der Waals surface area contributed by atoms with Crippen LogP contribution in [0.2, 0.25) is 0 Å². The third kappa shape index (κ3) is 15.3. The molecule has 0 aromatic rings. The molecule has 2 unspecified atom stereocenters. The van der Waals surface area contributed by atoms with Crippen LogP contribution < -0.4 is 0 Å². The van der Waals surface area contributed by atoms with Crippen molar-refractivity contribution in [1.82, 2.24) is 0 Å². The number of hydrogen-bond acceptors (Lipinski definition) is 4. The summed E-state index contributed by atoms with van der Waals surface area (Å²) in [6.07, 6.45) is 5.41.